The molecule has 1 unspecified atom stereocenters. The van der Waals surface area contributed by atoms with Gasteiger partial charge in [-0.2, -0.15) is 5.26 Å². The molecule has 3 aliphatic rings. The molecule has 2 aliphatic heterocycles. The van der Waals surface area contributed by atoms with Crippen molar-refractivity contribution >= 4 is 34.9 Å². The zero-order valence-electron chi connectivity index (χ0n) is 16.2. The van der Waals surface area contributed by atoms with E-state index >= 15 is 0 Å². The summed E-state index contributed by atoms with van der Waals surface area (Å²) < 4.78 is 5.97. The molecule has 0 spiro atoms. The number of ether oxygens (including phenoxy) is 1. The Bertz CT molecular complexity index is 967. The van der Waals surface area contributed by atoms with Gasteiger partial charge in [0.25, 0.3) is 5.91 Å². The molecule has 152 valence electrons. The first kappa shape index (κ1) is 19.9. The molecule has 1 aromatic carbocycles. The van der Waals surface area contributed by atoms with E-state index in [1.807, 2.05) is 25.1 Å². The van der Waals surface area contributed by atoms with Gasteiger partial charge in [-0.15, -0.1) is 12.4 Å². The highest BCUT2D eigenvalue weighted by Crippen LogP contribution is 2.41. The molecule has 2 saturated heterocycles. The van der Waals surface area contributed by atoms with E-state index < -0.39 is 6.10 Å². The highest BCUT2D eigenvalue weighted by Gasteiger charge is 2.54. The Morgan fingerprint density at radius 1 is 1.31 bits per heavy atom. The minimum Gasteiger partial charge on any atom is -0.365 e. The number of piperidine rings is 1. The average molecular weight is 414 g/mol. The zero-order valence-corrected chi connectivity index (χ0v) is 17.0. The van der Waals surface area contributed by atoms with Crippen molar-refractivity contribution in [3.63, 3.8) is 0 Å². The fraction of sp³-hybridized carbons (Fsp3) is 0.476. The molecule has 7 nitrogen and oxygen atoms in total. The van der Waals surface area contributed by atoms with Crippen molar-refractivity contribution in [3.05, 3.63) is 36.0 Å². The topological polar surface area (TPSA) is 90.3 Å². The minimum atomic E-state index is -0.500. The summed E-state index contributed by atoms with van der Waals surface area (Å²) >= 11 is 0. The number of hydrogen-bond acceptors (Lipinski definition) is 6. The Balaban J connectivity index is 0.00000205. The summed E-state index contributed by atoms with van der Waals surface area (Å²) in [6.45, 7) is 5.17. The Hall–Kier alpha value is -2.40. The SMILES string of the molecule is C[C@@H]1CN(c2ccc(C#N)c3ncccc23)C[C@H](C(=O)NC2[C@H]3CNC[C@@H]23)O1.Cl. The van der Waals surface area contributed by atoms with Gasteiger partial charge in [0.05, 0.1) is 23.7 Å². The van der Waals surface area contributed by atoms with Crippen molar-refractivity contribution in [2.75, 3.05) is 31.1 Å². The molecule has 1 aromatic heterocycles. The number of nitrogens with zero attached hydrogens (tertiary/aromatic N) is 3. The number of halogens is 1. The molecule has 1 saturated carbocycles. The number of nitriles is 1. The number of aromatic nitrogens is 1. The molecular weight excluding hydrogens is 390 g/mol. The maximum atomic E-state index is 12.8. The number of anilines is 1. The normalized spacial score (nSPS) is 30.2. The van der Waals surface area contributed by atoms with Crippen LogP contribution in [-0.2, 0) is 9.53 Å². The lowest BCUT2D eigenvalue weighted by Crippen LogP contribution is -2.53. The Morgan fingerprint density at radius 3 is 2.86 bits per heavy atom. The first-order valence-corrected chi connectivity index (χ1v) is 9.85. The van der Waals surface area contributed by atoms with Gasteiger partial charge in [-0.1, -0.05) is 0 Å². The van der Waals surface area contributed by atoms with Crippen LogP contribution in [-0.4, -0.2) is 55.3 Å². The summed E-state index contributed by atoms with van der Waals surface area (Å²) in [6.07, 6.45) is 1.14. The summed E-state index contributed by atoms with van der Waals surface area (Å²) in [5.74, 6) is 1.14. The van der Waals surface area contributed by atoms with E-state index in [4.69, 9.17) is 4.74 Å². The van der Waals surface area contributed by atoms with E-state index in [-0.39, 0.29) is 24.4 Å². The average Bonchev–Trinajstić information content (AvgIpc) is 3.12. The van der Waals surface area contributed by atoms with Crippen molar-refractivity contribution in [1.82, 2.24) is 15.6 Å². The molecule has 0 bridgehead atoms. The predicted molar refractivity (Wildman–Crippen MR) is 112 cm³/mol. The minimum absolute atomic E-state index is 0. The van der Waals surface area contributed by atoms with E-state index in [2.05, 4.69) is 26.6 Å². The number of benzene rings is 1. The van der Waals surface area contributed by atoms with Gasteiger partial charge in [-0.3, -0.25) is 9.78 Å². The second kappa shape index (κ2) is 7.79. The lowest BCUT2D eigenvalue weighted by molar-refractivity contribution is -0.137. The van der Waals surface area contributed by atoms with Crippen LogP contribution in [0, 0.1) is 23.2 Å². The van der Waals surface area contributed by atoms with Gasteiger partial charge in [0.15, 0.2) is 6.10 Å². The molecule has 2 aromatic rings. The Kier molecular flexibility index (Phi) is 5.34. The smallest absolute Gasteiger partial charge is 0.251 e. The van der Waals surface area contributed by atoms with Crippen LogP contribution in [0.25, 0.3) is 10.9 Å². The van der Waals surface area contributed by atoms with E-state index in [0.717, 1.165) is 24.2 Å². The Labute approximate surface area is 175 Å². The third-order valence-electron chi connectivity index (χ3n) is 6.16. The first-order valence-electron chi connectivity index (χ1n) is 9.85. The quantitative estimate of drug-likeness (QED) is 0.791. The number of amides is 1. The van der Waals surface area contributed by atoms with Crippen molar-refractivity contribution in [2.45, 2.75) is 25.2 Å². The number of pyridine rings is 1. The lowest BCUT2D eigenvalue weighted by atomic mass is 10.1. The molecule has 5 atom stereocenters. The molecule has 5 rings (SSSR count). The predicted octanol–water partition coefficient (Wildman–Crippen LogP) is 1.46. The summed E-state index contributed by atoms with van der Waals surface area (Å²) in [5, 5.41) is 16.8. The van der Waals surface area contributed by atoms with Crippen LogP contribution < -0.4 is 15.5 Å². The Morgan fingerprint density at radius 2 is 2.10 bits per heavy atom. The van der Waals surface area contributed by atoms with Crippen LogP contribution in [0.5, 0.6) is 0 Å². The molecule has 3 fully saturated rings. The lowest BCUT2D eigenvalue weighted by Gasteiger charge is -2.38. The molecular formula is C21H24ClN5O2. The molecule has 2 N–H and O–H groups in total. The van der Waals surface area contributed by atoms with Gasteiger partial charge in [-0.05, 0) is 43.0 Å². The first-order chi connectivity index (χ1) is 13.7. The fourth-order valence-electron chi connectivity index (χ4n) is 4.71. The monoisotopic (exact) mass is 413 g/mol. The largest absolute Gasteiger partial charge is 0.365 e. The molecule has 1 aliphatic carbocycles. The van der Waals surface area contributed by atoms with Gasteiger partial charge < -0.3 is 20.3 Å². The molecule has 1 amide bonds. The number of hydrogen-bond donors (Lipinski definition) is 2. The standard InChI is InChI=1S/C21H23N5O2.ClH/c1-12-10-26(17-5-4-13(7-22)19-14(17)3-2-6-24-19)11-18(28-12)21(27)25-20-15-8-23-9-16(15)20;/h2-6,12,15-16,18,20,23H,8-11H2,1H3,(H,25,27);1H/t12-,15-,16+,18-,20?;/m1./s1. The third kappa shape index (κ3) is 3.52. The van der Waals surface area contributed by atoms with Gasteiger partial charge in [0.1, 0.15) is 6.07 Å². The number of fused-ring (bicyclic) bond motifs is 2. The fourth-order valence-corrected chi connectivity index (χ4v) is 4.71. The number of rotatable bonds is 3. The second-order valence-corrected chi connectivity index (χ2v) is 8.00. The molecule has 8 heteroatoms. The van der Waals surface area contributed by atoms with Crippen molar-refractivity contribution in [2.24, 2.45) is 11.8 Å². The number of carbonyl (C=O) groups is 1. The van der Waals surface area contributed by atoms with E-state index in [1.165, 1.54) is 0 Å². The second-order valence-electron chi connectivity index (χ2n) is 8.00. The number of carbonyl (C=O) groups excluding carboxylic acids is 1. The summed E-state index contributed by atoms with van der Waals surface area (Å²) in [6, 6.07) is 10.1. The van der Waals surface area contributed by atoms with Gasteiger partial charge in [0.2, 0.25) is 0 Å². The summed E-state index contributed by atoms with van der Waals surface area (Å²) in [4.78, 5) is 19.4. The number of nitrogens with one attached hydrogen (secondary N) is 2. The number of morpholine rings is 1. The van der Waals surface area contributed by atoms with Crippen LogP contribution in [0.2, 0.25) is 0 Å². The van der Waals surface area contributed by atoms with Crippen LogP contribution in [0.3, 0.4) is 0 Å². The summed E-state index contributed by atoms with van der Waals surface area (Å²) in [7, 11) is 0. The van der Waals surface area contributed by atoms with E-state index in [1.54, 1.807) is 12.3 Å². The zero-order chi connectivity index (χ0) is 19.3. The van der Waals surface area contributed by atoms with E-state index in [9.17, 15) is 10.1 Å². The van der Waals surface area contributed by atoms with Crippen LogP contribution in [0.4, 0.5) is 5.69 Å². The highest BCUT2D eigenvalue weighted by molar-refractivity contribution is 5.95. The van der Waals surface area contributed by atoms with Crippen molar-refractivity contribution < 1.29 is 9.53 Å². The van der Waals surface area contributed by atoms with Crippen molar-refractivity contribution in [1.29, 1.82) is 5.26 Å². The maximum absolute atomic E-state index is 12.8. The third-order valence-corrected chi connectivity index (χ3v) is 6.16. The highest BCUT2D eigenvalue weighted by atomic mass is 35.5. The van der Waals surface area contributed by atoms with Gasteiger partial charge >= 0.3 is 0 Å². The van der Waals surface area contributed by atoms with Crippen LogP contribution >= 0.6 is 12.4 Å². The van der Waals surface area contributed by atoms with Crippen molar-refractivity contribution in [3.8, 4) is 6.07 Å². The van der Waals surface area contributed by atoms with Gasteiger partial charge in [-0.25, -0.2) is 0 Å². The molecule has 0 radical (unpaired) electrons. The molecule has 3 heterocycles. The maximum Gasteiger partial charge on any atom is 0.251 e. The molecule has 29 heavy (non-hydrogen) atoms. The van der Waals surface area contributed by atoms with E-state index in [0.29, 0.717) is 42.0 Å². The van der Waals surface area contributed by atoms with Crippen LogP contribution in [0.15, 0.2) is 30.5 Å². The summed E-state index contributed by atoms with van der Waals surface area (Å²) in [5.41, 5.74) is 2.24. The van der Waals surface area contributed by atoms with Crippen LogP contribution in [0.1, 0.15) is 12.5 Å². The van der Waals surface area contributed by atoms with Gasteiger partial charge in [0, 0.05) is 42.9 Å².